The van der Waals surface area contributed by atoms with Crippen LogP contribution in [0.25, 0.3) is 89.5 Å². The summed E-state index contributed by atoms with van der Waals surface area (Å²) in [7, 11) is 0. The Morgan fingerprint density at radius 2 is 0.857 bits per heavy atom. The lowest BCUT2D eigenvalue weighted by Crippen LogP contribution is -2.00. The summed E-state index contributed by atoms with van der Waals surface area (Å²) in [5.41, 5.74) is 9.11. The summed E-state index contributed by atoms with van der Waals surface area (Å²) in [4.78, 5) is 14.3. The van der Waals surface area contributed by atoms with E-state index in [2.05, 4.69) is 53.5 Å². The minimum atomic E-state index is -0.484. The van der Waals surface area contributed by atoms with E-state index in [1.54, 1.807) is 0 Å². The van der Waals surface area contributed by atoms with Crippen LogP contribution >= 0.6 is 0 Å². The molecule has 0 N–H and O–H groups in total. The smallest absolute Gasteiger partial charge is 0.164 e. The number of hydrogen-bond acceptors (Lipinski definition) is 4. The summed E-state index contributed by atoms with van der Waals surface area (Å²) >= 11 is 0. The molecule has 0 aliphatic carbocycles. The number of fused-ring (bicyclic) bond motifs is 3. The Hall–Kier alpha value is -6.65. The maximum absolute atomic E-state index is 8.66. The topological polar surface area (TPSA) is 51.8 Å². The lowest BCUT2D eigenvalue weighted by Gasteiger charge is -2.09. The molecule has 0 saturated carbocycles. The number of aromatic nitrogens is 3. The van der Waals surface area contributed by atoms with Gasteiger partial charge in [-0.05, 0) is 63.7 Å². The highest BCUT2D eigenvalue weighted by molar-refractivity contribution is 6.07. The zero-order valence-corrected chi connectivity index (χ0v) is 26.1. The van der Waals surface area contributed by atoms with E-state index in [4.69, 9.17) is 21.2 Å². The summed E-state index contributed by atoms with van der Waals surface area (Å²) in [5, 5.41) is 1.89. The van der Waals surface area contributed by atoms with Gasteiger partial charge in [-0.2, -0.15) is 0 Å². The monoisotopic (exact) mass is 632 g/mol. The third kappa shape index (κ3) is 5.56. The van der Waals surface area contributed by atoms with Crippen LogP contribution in [0, 0.1) is 0 Å². The Labute approximate surface area is 291 Å². The molecule has 2 aromatic heterocycles. The third-order valence-electron chi connectivity index (χ3n) is 8.64. The summed E-state index contributed by atoms with van der Waals surface area (Å²) in [6.45, 7) is 0. The van der Waals surface area contributed by atoms with Gasteiger partial charge in [0.1, 0.15) is 11.2 Å². The average molecular weight is 633 g/mol. The molecule has 2 heterocycles. The average Bonchev–Trinajstić information content (AvgIpc) is 3.60. The SMILES string of the molecule is [2H]c1c([2H])c([2H])c(-c2nc(-c3ccc(-c4ccccc4)cc3)nc(-c3ccc4c(c3)oc3ccc(-c5cccc(-c6ccccc6)c5)cc34)n2)c([2H])c1[2H]. The third-order valence-corrected chi connectivity index (χ3v) is 8.64. The summed E-state index contributed by atoms with van der Waals surface area (Å²) < 4.78 is 48.4. The van der Waals surface area contributed by atoms with Crippen LogP contribution in [0.15, 0.2) is 180 Å². The molecule has 0 fully saturated rings. The van der Waals surface area contributed by atoms with E-state index in [-0.39, 0.29) is 29.3 Å². The molecule has 9 aromatic rings. The Morgan fingerprint density at radius 3 is 1.57 bits per heavy atom. The molecule has 7 aromatic carbocycles. The second-order valence-corrected chi connectivity index (χ2v) is 11.7. The summed E-state index contributed by atoms with van der Waals surface area (Å²) in [5.74, 6) is 0.550. The van der Waals surface area contributed by atoms with Gasteiger partial charge in [0.25, 0.3) is 0 Å². The van der Waals surface area contributed by atoms with Gasteiger partial charge >= 0.3 is 0 Å². The predicted octanol–water partition coefficient (Wildman–Crippen LogP) is 11.8. The van der Waals surface area contributed by atoms with Crippen molar-refractivity contribution in [1.29, 1.82) is 0 Å². The van der Waals surface area contributed by atoms with E-state index < -0.39 is 18.1 Å². The van der Waals surface area contributed by atoms with E-state index in [0.717, 1.165) is 49.7 Å². The molecule has 49 heavy (non-hydrogen) atoms. The number of furan rings is 1. The lowest BCUT2D eigenvalue weighted by molar-refractivity contribution is 0.669. The normalized spacial score (nSPS) is 12.7. The Morgan fingerprint density at radius 1 is 0.347 bits per heavy atom. The summed E-state index contributed by atoms with van der Waals surface area (Å²) in [6.07, 6.45) is 0. The van der Waals surface area contributed by atoms with Crippen LogP contribution in [0.3, 0.4) is 0 Å². The Kier molecular flexibility index (Phi) is 5.87. The largest absolute Gasteiger partial charge is 0.456 e. The fourth-order valence-electron chi connectivity index (χ4n) is 6.15. The molecule has 0 unspecified atom stereocenters. The number of hydrogen-bond donors (Lipinski definition) is 0. The standard InChI is InChI=1S/C45H29N3O/c1-4-11-30(12-5-1)32-19-21-34(22-20-32)44-46-43(33-15-8-3-9-16-33)47-45(48-44)38-23-25-39-40-28-37(24-26-41(40)49-42(39)29-38)36-18-10-17-35(27-36)31-13-6-2-7-14-31/h1-29H/i3D,8D,9D,15D,16D. The van der Waals surface area contributed by atoms with Crippen molar-refractivity contribution in [1.82, 2.24) is 15.0 Å². The predicted molar refractivity (Wildman–Crippen MR) is 200 cm³/mol. The van der Waals surface area contributed by atoms with Crippen molar-refractivity contribution in [2.24, 2.45) is 0 Å². The highest BCUT2D eigenvalue weighted by atomic mass is 16.3. The van der Waals surface area contributed by atoms with Crippen LogP contribution in [0.2, 0.25) is 0 Å². The zero-order chi connectivity index (χ0) is 36.9. The first-order valence-electron chi connectivity index (χ1n) is 18.4. The van der Waals surface area contributed by atoms with Gasteiger partial charge in [0.2, 0.25) is 0 Å². The Balaban J connectivity index is 1.16. The molecule has 9 rings (SSSR count). The maximum Gasteiger partial charge on any atom is 0.164 e. The molecular formula is C45H29N3O. The van der Waals surface area contributed by atoms with Crippen LogP contribution in [0.5, 0.6) is 0 Å². The molecule has 4 nitrogen and oxygen atoms in total. The second-order valence-electron chi connectivity index (χ2n) is 11.7. The van der Waals surface area contributed by atoms with Crippen LogP contribution in [-0.4, -0.2) is 15.0 Å². The van der Waals surface area contributed by atoms with Crippen LogP contribution in [-0.2, 0) is 0 Å². The highest BCUT2D eigenvalue weighted by Gasteiger charge is 2.15. The van der Waals surface area contributed by atoms with Crippen molar-refractivity contribution in [3.05, 3.63) is 176 Å². The first-order chi connectivity index (χ1) is 26.3. The zero-order valence-electron chi connectivity index (χ0n) is 31.1. The van der Waals surface area contributed by atoms with Gasteiger partial charge in [0, 0.05) is 27.5 Å². The molecule has 0 aliphatic rings. The van der Waals surface area contributed by atoms with Gasteiger partial charge in [-0.3, -0.25) is 0 Å². The van der Waals surface area contributed by atoms with E-state index in [1.807, 2.05) is 97.1 Å². The minimum absolute atomic E-state index is 0.0220. The van der Waals surface area contributed by atoms with Crippen LogP contribution < -0.4 is 0 Å². The maximum atomic E-state index is 8.66. The van der Waals surface area contributed by atoms with Crippen molar-refractivity contribution in [2.45, 2.75) is 0 Å². The van der Waals surface area contributed by atoms with Crippen molar-refractivity contribution in [3.8, 4) is 67.5 Å². The van der Waals surface area contributed by atoms with E-state index >= 15 is 0 Å². The van der Waals surface area contributed by atoms with Crippen LogP contribution in [0.1, 0.15) is 6.85 Å². The van der Waals surface area contributed by atoms with Gasteiger partial charge in [-0.15, -0.1) is 0 Å². The van der Waals surface area contributed by atoms with Gasteiger partial charge in [0.15, 0.2) is 17.5 Å². The van der Waals surface area contributed by atoms with E-state index in [1.165, 1.54) is 0 Å². The lowest BCUT2D eigenvalue weighted by atomic mass is 9.98. The molecule has 0 saturated heterocycles. The Bertz CT molecular complexity index is 2850. The number of rotatable bonds is 6. The quantitative estimate of drug-likeness (QED) is 0.183. The molecule has 230 valence electrons. The minimum Gasteiger partial charge on any atom is -0.456 e. The second kappa shape index (κ2) is 12.2. The van der Waals surface area contributed by atoms with Crippen molar-refractivity contribution >= 4 is 21.9 Å². The number of nitrogens with zero attached hydrogens (tertiary/aromatic N) is 3. The van der Waals surface area contributed by atoms with Gasteiger partial charge in [-0.25, -0.2) is 15.0 Å². The fraction of sp³-hybridized carbons (Fsp3) is 0. The summed E-state index contributed by atoms with van der Waals surface area (Å²) in [6, 6.07) is 46.3. The molecule has 0 spiro atoms. The van der Waals surface area contributed by atoms with Crippen molar-refractivity contribution in [2.75, 3.05) is 0 Å². The molecule has 0 radical (unpaired) electrons. The first kappa shape index (κ1) is 23.6. The molecule has 4 heteroatoms. The molecular weight excluding hydrogens is 599 g/mol. The first-order valence-corrected chi connectivity index (χ1v) is 15.9. The highest BCUT2D eigenvalue weighted by Crippen LogP contribution is 2.36. The number of benzene rings is 7. The molecule has 0 atom stereocenters. The molecule has 0 aliphatic heterocycles. The van der Waals surface area contributed by atoms with Crippen molar-refractivity contribution < 1.29 is 11.3 Å². The van der Waals surface area contributed by atoms with Crippen molar-refractivity contribution in [3.63, 3.8) is 0 Å². The van der Waals surface area contributed by atoms with Gasteiger partial charge in [-0.1, -0.05) is 145 Å². The van der Waals surface area contributed by atoms with Crippen LogP contribution in [0.4, 0.5) is 0 Å². The van der Waals surface area contributed by atoms with E-state index in [9.17, 15) is 0 Å². The fourth-order valence-corrected chi connectivity index (χ4v) is 6.15. The van der Waals surface area contributed by atoms with Gasteiger partial charge < -0.3 is 4.42 Å². The van der Waals surface area contributed by atoms with Gasteiger partial charge in [0.05, 0.1) is 6.85 Å². The van der Waals surface area contributed by atoms with E-state index in [0.29, 0.717) is 22.5 Å². The molecule has 0 amide bonds. The molecule has 0 bridgehead atoms.